The molecule has 0 saturated carbocycles. The van der Waals surface area contributed by atoms with Crippen LogP contribution in [0.2, 0.25) is 0 Å². The number of hydrazine groups is 1. The molecular weight excluding hydrogens is 369 g/mol. The summed E-state index contributed by atoms with van der Waals surface area (Å²) in [6.45, 7) is 4.18. The van der Waals surface area contributed by atoms with Gasteiger partial charge in [0, 0.05) is 31.3 Å². The van der Waals surface area contributed by atoms with Crippen molar-refractivity contribution >= 4 is 22.7 Å². The van der Waals surface area contributed by atoms with E-state index < -0.39 is 12.1 Å². The van der Waals surface area contributed by atoms with E-state index in [4.69, 9.17) is 4.74 Å². The molecule has 2 amide bonds. The van der Waals surface area contributed by atoms with Crippen molar-refractivity contribution in [3.63, 3.8) is 0 Å². The number of anilines is 1. The van der Waals surface area contributed by atoms with E-state index in [-0.39, 0.29) is 5.13 Å². The summed E-state index contributed by atoms with van der Waals surface area (Å²) in [4.78, 5) is 14.9. The molecule has 0 aliphatic carbocycles. The number of nitrogens with zero attached hydrogens (tertiary/aromatic N) is 2. The normalized spacial score (nSPS) is 10.7. The van der Waals surface area contributed by atoms with E-state index in [1.807, 2.05) is 0 Å². The van der Waals surface area contributed by atoms with E-state index in [1.54, 1.807) is 0 Å². The number of carbonyl (C=O) groups excluding carboxylic acids is 1. The highest BCUT2D eigenvalue weighted by molar-refractivity contribution is 7.09. The van der Waals surface area contributed by atoms with Crippen LogP contribution >= 0.6 is 11.5 Å². The van der Waals surface area contributed by atoms with Gasteiger partial charge in [-0.25, -0.2) is 10.2 Å². The van der Waals surface area contributed by atoms with Crippen LogP contribution in [0.5, 0.6) is 0 Å². The summed E-state index contributed by atoms with van der Waals surface area (Å²) in [6, 6.07) is -0.402. The lowest BCUT2D eigenvalue weighted by molar-refractivity contribution is 0.127. The number of halogens is 1. The Balaban J connectivity index is 1.76. The molecule has 0 aromatic carbocycles. The zero-order valence-corrected chi connectivity index (χ0v) is 17.2. The lowest BCUT2D eigenvalue weighted by Crippen LogP contribution is -2.39. The van der Waals surface area contributed by atoms with Crippen LogP contribution in [-0.2, 0) is 4.74 Å². The number of aromatic nitrogens is 2. The Morgan fingerprint density at radius 3 is 2.26 bits per heavy atom. The highest BCUT2D eigenvalue weighted by Gasteiger charge is 2.03. The van der Waals surface area contributed by atoms with Gasteiger partial charge in [-0.3, -0.25) is 5.43 Å². The van der Waals surface area contributed by atoms with E-state index in [1.165, 1.54) is 57.8 Å². The van der Waals surface area contributed by atoms with E-state index in [0.29, 0.717) is 13.2 Å². The van der Waals surface area contributed by atoms with Gasteiger partial charge >= 0.3 is 12.1 Å². The largest absolute Gasteiger partial charge is 0.381 e. The van der Waals surface area contributed by atoms with Crippen molar-refractivity contribution in [2.24, 2.45) is 0 Å². The van der Waals surface area contributed by atoms with Crippen LogP contribution < -0.4 is 16.2 Å². The van der Waals surface area contributed by atoms with Crippen LogP contribution in [-0.4, -0.2) is 35.1 Å². The minimum atomic E-state index is -0.815. The smallest absolute Gasteiger partial charge is 0.333 e. The van der Waals surface area contributed by atoms with Gasteiger partial charge in [-0.2, -0.15) is 9.37 Å². The number of nitrogens with one attached hydrogen (secondary N) is 3. The van der Waals surface area contributed by atoms with Gasteiger partial charge in [0.2, 0.25) is 5.13 Å². The lowest BCUT2D eigenvalue weighted by atomic mass is 10.1. The van der Waals surface area contributed by atoms with Gasteiger partial charge in [0.1, 0.15) is 0 Å². The SMILES string of the molecule is CCCCCCCCCCCCOCCCNC(=O)NNc1nc(F)ns1. The molecule has 1 aromatic rings. The van der Waals surface area contributed by atoms with Crippen LogP contribution in [0.1, 0.15) is 77.6 Å². The van der Waals surface area contributed by atoms with Gasteiger partial charge in [-0.1, -0.05) is 64.7 Å². The van der Waals surface area contributed by atoms with Crippen molar-refractivity contribution in [1.82, 2.24) is 20.1 Å². The predicted molar refractivity (Wildman–Crippen MR) is 107 cm³/mol. The number of amides is 2. The Morgan fingerprint density at radius 1 is 1.00 bits per heavy atom. The Labute approximate surface area is 166 Å². The maximum Gasteiger partial charge on any atom is 0.333 e. The van der Waals surface area contributed by atoms with Crippen LogP contribution in [0.4, 0.5) is 14.3 Å². The van der Waals surface area contributed by atoms with Gasteiger partial charge in [0.05, 0.1) is 0 Å². The molecule has 0 spiro atoms. The first-order valence-corrected chi connectivity index (χ1v) is 10.9. The first kappa shape index (κ1) is 23.6. The molecule has 1 aromatic heterocycles. The van der Waals surface area contributed by atoms with Gasteiger partial charge in [0.25, 0.3) is 0 Å². The quantitative estimate of drug-likeness (QED) is 0.261. The van der Waals surface area contributed by atoms with E-state index in [2.05, 4.69) is 32.4 Å². The fourth-order valence-corrected chi connectivity index (χ4v) is 3.00. The molecule has 0 aliphatic rings. The van der Waals surface area contributed by atoms with Gasteiger partial charge in [-0.15, -0.1) is 4.37 Å². The maximum absolute atomic E-state index is 12.6. The van der Waals surface area contributed by atoms with Gasteiger partial charge in [0.15, 0.2) is 0 Å². The highest BCUT2D eigenvalue weighted by atomic mass is 32.1. The minimum absolute atomic E-state index is 0.197. The summed E-state index contributed by atoms with van der Waals surface area (Å²) < 4.78 is 21.5. The number of rotatable bonds is 17. The third kappa shape index (κ3) is 14.3. The second-order valence-corrected chi connectivity index (χ2v) is 7.27. The molecule has 0 atom stereocenters. The second kappa shape index (κ2) is 16.7. The molecule has 1 heterocycles. The second-order valence-electron chi connectivity index (χ2n) is 6.52. The zero-order chi connectivity index (χ0) is 19.6. The van der Waals surface area contributed by atoms with E-state index in [0.717, 1.165) is 31.0 Å². The predicted octanol–water partition coefficient (Wildman–Crippen LogP) is 4.63. The molecule has 1 rings (SSSR count). The topological polar surface area (TPSA) is 88.2 Å². The van der Waals surface area contributed by atoms with Crippen LogP contribution in [0.3, 0.4) is 0 Å². The molecule has 0 aliphatic heterocycles. The fraction of sp³-hybridized carbons (Fsp3) is 0.833. The van der Waals surface area contributed by atoms with Crippen molar-refractivity contribution < 1.29 is 13.9 Å². The van der Waals surface area contributed by atoms with Crippen molar-refractivity contribution in [1.29, 1.82) is 0 Å². The number of urea groups is 1. The van der Waals surface area contributed by atoms with E-state index in [9.17, 15) is 9.18 Å². The summed E-state index contributed by atoms with van der Waals surface area (Å²) in [5.41, 5.74) is 4.84. The number of unbranched alkanes of at least 4 members (excludes halogenated alkanes) is 9. The van der Waals surface area contributed by atoms with Gasteiger partial charge in [-0.05, 0) is 12.8 Å². The van der Waals surface area contributed by atoms with Crippen molar-refractivity contribution in [2.75, 3.05) is 25.2 Å². The molecule has 9 heteroatoms. The molecule has 156 valence electrons. The monoisotopic (exact) mass is 403 g/mol. The average Bonchev–Trinajstić information content (AvgIpc) is 3.08. The number of hydrogen-bond donors (Lipinski definition) is 3. The minimum Gasteiger partial charge on any atom is -0.381 e. The third-order valence-corrected chi connectivity index (χ3v) is 4.69. The zero-order valence-electron chi connectivity index (χ0n) is 16.4. The summed E-state index contributed by atoms with van der Waals surface area (Å²) in [5.74, 6) is 0. The average molecular weight is 404 g/mol. The third-order valence-electron chi connectivity index (χ3n) is 4.08. The van der Waals surface area contributed by atoms with Crippen LogP contribution in [0, 0.1) is 6.08 Å². The maximum atomic E-state index is 12.6. The molecule has 0 saturated heterocycles. The Kier molecular flexibility index (Phi) is 14.6. The summed E-state index contributed by atoms with van der Waals surface area (Å²) in [7, 11) is 0. The molecular formula is C18H34FN5O2S. The molecule has 3 N–H and O–H groups in total. The molecule has 0 radical (unpaired) electrons. The summed E-state index contributed by atoms with van der Waals surface area (Å²) >= 11 is 0.831. The number of ether oxygens (including phenoxy) is 1. The molecule has 0 unspecified atom stereocenters. The number of carbonyl (C=O) groups is 1. The van der Waals surface area contributed by atoms with Crippen LogP contribution in [0.15, 0.2) is 0 Å². The summed E-state index contributed by atoms with van der Waals surface area (Å²) in [5, 5.41) is 2.87. The Bertz CT molecular complexity index is 490. The molecule has 0 bridgehead atoms. The molecule has 27 heavy (non-hydrogen) atoms. The van der Waals surface area contributed by atoms with Crippen molar-refractivity contribution in [2.45, 2.75) is 77.6 Å². The van der Waals surface area contributed by atoms with Crippen LogP contribution in [0.25, 0.3) is 0 Å². The van der Waals surface area contributed by atoms with Crippen molar-refractivity contribution in [3.8, 4) is 0 Å². The lowest BCUT2D eigenvalue weighted by Gasteiger charge is -2.08. The summed E-state index contributed by atoms with van der Waals surface area (Å²) in [6.07, 6.45) is 13.1. The first-order valence-electron chi connectivity index (χ1n) is 10.1. The van der Waals surface area contributed by atoms with E-state index >= 15 is 0 Å². The van der Waals surface area contributed by atoms with Crippen molar-refractivity contribution in [3.05, 3.63) is 6.08 Å². The van der Waals surface area contributed by atoms with Gasteiger partial charge < -0.3 is 10.1 Å². The Hall–Kier alpha value is -1.48. The standard InChI is InChI=1S/C18H34FN5O2S/c1-2-3-4-5-6-7-8-9-10-11-14-26-15-12-13-20-17(25)22-23-18-21-16(19)24-27-18/h2-15H2,1H3,(H2,20,22,25)(H,21,23,24). The number of hydrogen-bond acceptors (Lipinski definition) is 6. The first-order chi connectivity index (χ1) is 13.2. The Morgan fingerprint density at radius 2 is 1.63 bits per heavy atom. The molecule has 0 fully saturated rings. The highest BCUT2D eigenvalue weighted by Crippen LogP contribution is 2.10. The fourth-order valence-electron chi connectivity index (χ4n) is 2.58. The molecule has 7 nitrogen and oxygen atoms in total.